The summed E-state index contributed by atoms with van der Waals surface area (Å²) in [5, 5.41) is 33.3. The molecule has 0 bridgehead atoms. The zero-order chi connectivity index (χ0) is 8.97. The lowest BCUT2D eigenvalue weighted by molar-refractivity contribution is 0.0778. The number of aliphatic hydroxyl groups is 3. The Morgan fingerprint density at radius 1 is 1.50 bits per heavy atom. The summed E-state index contributed by atoms with van der Waals surface area (Å²) in [5.74, 6) is 0. The van der Waals surface area contributed by atoms with Crippen LogP contribution in [0.5, 0.6) is 0 Å². The SMILES string of the molecule is OCc1cn(CC(O)CO)nn1. The molecule has 0 amide bonds. The lowest BCUT2D eigenvalue weighted by atomic mass is 10.4. The second kappa shape index (κ2) is 4.15. The highest BCUT2D eigenvalue weighted by atomic mass is 16.3. The van der Waals surface area contributed by atoms with Crippen molar-refractivity contribution in [2.24, 2.45) is 0 Å². The molecular formula is C6H11N3O3. The fourth-order valence-corrected chi connectivity index (χ4v) is 0.774. The van der Waals surface area contributed by atoms with Gasteiger partial charge in [-0.2, -0.15) is 0 Å². The maximum atomic E-state index is 8.99. The Hall–Kier alpha value is -0.980. The third-order valence-electron chi connectivity index (χ3n) is 1.36. The summed E-state index contributed by atoms with van der Waals surface area (Å²) < 4.78 is 1.37. The van der Waals surface area contributed by atoms with Crippen molar-refractivity contribution >= 4 is 0 Å². The molecule has 3 N–H and O–H groups in total. The Balaban J connectivity index is 2.52. The quantitative estimate of drug-likeness (QED) is 0.496. The van der Waals surface area contributed by atoms with Crippen LogP contribution < -0.4 is 0 Å². The minimum Gasteiger partial charge on any atom is -0.394 e. The van der Waals surface area contributed by atoms with Crippen molar-refractivity contribution in [3.63, 3.8) is 0 Å². The maximum Gasteiger partial charge on any atom is 0.108 e. The minimum atomic E-state index is -0.835. The van der Waals surface area contributed by atoms with Gasteiger partial charge in [-0.15, -0.1) is 5.10 Å². The van der Waals surface area contributed by atoms with E-state index in [2.05, 4.69) is 10.3 Å². The summed E-state index contributed by atoms with van der Waals surface area (Å²) in [5.41, 5.74) is 0.445. The van der Waals surface area contributed by atoms with Crippen molar-refractivity contribution in [1.82, 2.24) is 15.0 Å². The molecule has 1 heterocycles. The number of rotatable bonds is 4. The van der Waals surface area contributed by atoms with Crippen LogP contribution in [0.3, 0.4) is 0 Å². The van der Waals surface area contributed by atoms with Gasteiger partial charge in [0.15, 0.2) is 0 Å². The fraction of sp³-hybridized carbons (Fsp3) is 0.667. The molecule has 6 heteroatoms. The van der Waals surface area contributed by atoms with E-state index in [1.165, 1.54) is 10.9 Å². The molecule has 0 saturated heterocycles. The first-order valence-corrected chi connectivity index (χ1v) is 3.55. The van der Waals surface area contributed by atoms with Crippen molar-refractivity contribution < 1.29 is 15.3 Å². The highest BCUT2D eigenvalue weighted by Crippen LogP contribution is 1.94. The number of nitrogens with zero attached hydrogens (tertiary/aromatic N) is 3. The summed E-state index contributed by atoms with van der Waals surface area (Å²) in [6.45, 7) is -0.299. The van der Waals surface area contributed by atoms with Crippen LogP contribution in [0.25, 0.3) is 0 Å². The Kier molecular flexibility index (Phi) is 3.15. The molecular weight excluding hydrogens is 162 g/mol. The standard InChI is InChI=1S/C6H11N3O3/c10-3-5-1-9(8-7-5)2-6(12)4-11/h1,6,10-12H,2-4H2. The van der Waals surface area contributed by atoms with Gasteiger partial charge in [-0.1, -0.05) is 5.21 Å². The van der Waals surface area contributed by atoms with Gasteiger partial charge in [0, 0.05) is 0 Å². The highest BCUT2D eigenvalue weighted by molar-refractivity contribution is 4.88. The molecule has 0 saturated carbocycles. The molecule has 1 atom stereocenters. The lowest BCUT2D eigenvalue weighted by Gasteiger charge is -2.04. The van der Waals surface area contributed by atoms with Crippen molar-refractivity contribution in [3.05, 3.63) is 11.9 Å². The van der Waals surface area contributed by atoms with Gasteiger partial charge < -0.3 is 15.3 Å². The monoisotopic (exact) mass is 173 g/mol. The van der Waals surface area contributed by atoms with Gasteiger partial charge in [0.1, 0.15) is 5.69 Å². The van der Waals surface area contributed by atoms with Gasteiger partial charge in [0.05, 0.1) is 32.1 Å². The van der Waals surface area contributed by atoms with E-state index in [0.29, 0.717) is 5.69 Å². The lowest BCUT2D eigenvalue weighted by Crippen LogP contribution is -2.20. The van der Waals surface area contributed by atoms with Gasteiger partial charge in [-0.3, -0.25) is 0 Å². The van der Waals surface area contributed by atoms with E-state index in [-0.39, 0.29) is 19.8 Å². The van der Waals surface area contributed by atoms with E-state index in [1.807, 2.05) is 0 Å². The van der Waals surface area contributed by atoms with Crippen LogP contribution in [0, 0.1) is 0 Å². The summed E-state index contributed by atoms with van der Waals surface area (Å²) in [7, 11) is 0. The molecule has 0 fully saturated rings. The first kappa shape index (κ1) is 9.11. The van der Waals surface area contributed by atoms with Gasteiger partial charge >= 0.3 is 0 Å². The molecule has 0 aromatic carbocycles. The molecule has 6 nitrogen and oxygen atoms in total. The third kappa shape index (κ3) is 2.26. The first-order chi connectivity index (χ1) is 5.76. The zero-order valence-electron chi connectivity index (χ0n) is 6.46. The number of aromatic nitrogens is 3. The predicted octanol–water partition coefficient (Wildman–Crippen LogP) is -1.88. The molecule has 12 heavy (non-hydrogen) atoms. The predicted molar refractivity (Wildman–Crippen MR) is 39.0 cm³/mol. The van der Waals surface area contributed by atoms with E-state index in [0.717, 1.165) is 0 Å². The molecule has 1 rings (SSSR count). The Labute approximate surface area is 69.1 Å². The molecule has 1 aromatic rings. The molecule has 68 valence electrons. The summed E-state index contributed by atoms with van der Waals surface area (Å²) in [6.07, 6.45) is 0.678. The fourth-order valence-electron chi connectivity index (χ4n) is 0.774. The summed E-state index contributed by atoms with van der Waals surface area (Å²) in [6, 6.07) is 0. The van der Waals surface area contributed by atoms with Crippen molar-refractivity contribution in [1.29, 1.82) is 0 Å². The van der Waals surface area contributed by atoms with Gasteiger partial charge in [0.2, 0.25) is 0 Å². The average molecular weight is 173 g/mol. The maximum absolute atomic E-state index is 8.99. The Morgan fingerprint density at radius 2 is 2.25 bits per heavy atom. The zero-order valence-corrected chi connectivity index (χ0v) is 6.46. The number of aliphatic hydroxyl groups excluding tert-OH is 3. The topological polar surface area (TPSA) is 91.4 Å². The molecule has 1 aromatic heterocycles. The molecule has 0 spiro atoms. The Bertz CT molecular complexity index is 238. The van der Waals surface area contributed by atoms with Crippen molar-refractivity contribution in [2.45, 2.75) is 19.3 Å². The largest absolute Gasteiger partial charge is 0.394 e. The van der Waals surface area contributed by atoms with E-state index in [4.69, 9.17) is 15.3 Å². The Morgan fingerprint density at radius 3 is 2.75 bits per heavy atom. The van der Waals surface area contributed by atoms with Crippen LogP contribution in [0.15, 0.2) is 6.20 Å². The van der Waals surface area contributed by atoms with Crippen LogP contribution in [-0.2, 0) is 13.2 Å². The second-order valence-corrected chi connectivity index (χ2v) is 2.43. The normalized spacial score (nSPS) is 13.2. The van der Waals surface area contributed by atoms with E-state index < -0.39 is 6.10 Å². The summed E-state index contributed by atoms with van der Waals surface area (Å²) >= 11 is 0. The van der Waals surface area contributed by atoms with Crippen LogP contribution in [0.2, 0.25) is 0 Å². The van der Waals surface area contributed by atoms with Gasteiger partial charge in [-0.25, -0.2) is 4.68 Å². The van der Waals surface area contributed by atoms with Crippen molar-refractivity contribution in [3.8, 4) is 0 Å². The number of hydrogen-bond acceptors (Lipinski definition) is 5. The molecule has 0 aliphatic heterocycles. The van der Waals surface area contributed by atoms with Crippen LogP contribution in [-0.4, -0.2) is 43.0 Å². The smallest absolute Gasteiger partial charge is 0.108 e. The third-order valence-corrected chi connectivity index (χ3v) is 1.36. The van der Waals surface area contributed by atoms with Crippen LogP contribution >= 0.6 is 0 Å². The first-order valence-electron chi connectivity index (χ1n) is 3.55. The van der Waals surface area contributed by atoms with E-state index in [1.54, 1.807) is 0 Å². The number of hydrogen-bond donors (Lipinski definition) is 3. The minimum absolute atomic E-state index is 0.171. The molecule has 0 radical (unpaired) electrons. The average Bonchev–Trinajstić information content (AvgIpc) is 2.52. The van der Waals surface area contributed by atoms with Crippen LogP contribution in [0.4, 0.5) is 0 Å². The van der Waals surface area contributed by atoms with E-state index >= 15 is 0 Å². The summed E-state index contributed by atoms with van der Waals surface area (Å²) in [4.78, 5) is 0. The highest BCUT2D eigenvalue weighted by Gasteiger charge is 2.04. The molecule has 1 unspecified atom stereocenters. The van der Waals surface area contributed by atoms with Gasteiger partial charge in [0.25, 0.3) is 0 Å². The van der Waals surface area contributed by atoms with Crippen LogP contribution in [0.1, 0.15) is 5.69 Å². The van der Waals surface area contributed by atoms with E-state index in [9.17, 15) is 0 Å². The second-order valence-electron chi connectivity index (χ2n) is 2.43. The van der Waals surface area contributed by atoms with Crippen molar-refractivity contribution in [2.75, 3.05) is 6.61 Å². The molecule has 0 aliphatic rings. The van der Waals surface area contributed by atoms with Gasteiger partial charge in [-0.05, 0) is 0 Å². The molecule has 0 aliphatic carbocycles.